The summed E-state index contributed by atoms with van der Waals surface area (Å²) in [7, 11) is 0. The predicted molar refractivity (Wildman–Crippen MR) is 88.4 cm³/mol. The van der Waals surface area contributed by atoms with Crippen LogP contribution in [-0.2, 0) is 0 Å². The summed E-state index contributed by atoms with van der Waals surface area (Å²) in [6.07, 6.45) is 4.97. The van der Waals surface area contributed by atoms with Crippen molar-refractivity contribution in [2.24, 2.45) is 0 Å². The number of hydrogen-bond acceptors (Lipinski definition) is 4. The molecule has 0 unspecified atom stereocenters. The van der Waals surface area contributed by atoms with Crippen molar-refractivity contribution in [3.8, 4) is 5.88 Å². The van der Waals surface area contributed by atoms with E-state index in [0.29, 0.717) is 25.5 Å². The minimum absolute atomic E-state index is 0.0474. The van der Waals surface area contributed by atoms with Crippen LogP contribution in [0.3, 0.4) is 0 Å². The highest BCUT2D eigenvalue weighted by molar-refractivity contribution is 5.74. The van der Waals surface area contributed by atoms with Crippen LogP contribution in [0.2, 0.25) is 0 Å². The third kappa shape index (κ3) is 3.77. The molecule has 120 valence electrons. The molecule has 1 aromatic heterocycles. The second-order valence-corrected chi connectivity index (χ2v) is 5.48. The van der Waals surface area contributed by atoms with Crippen molar-refractivity contribution >= 4 is 17.1 Å². The van der Waals surface area contributed by atoms with Crippen LogP contribution in [0.5, 0.6) is 5.88 Å². The number of rotatable bonds is 4. The van der Waals surface area contributed by atoms with Crippen molar-refractivity contribution in [3.05, 3.63) is 43.1 Å². The van der Waals surface area contributed by atoms with Gasteiger partial charge in [-0.15, -0.1) is 6.58 Å². The molecule has 1 aliphatic heterocycles. The van der Waals surface area contributed by atoms with Gasteiger partial charge in [-0.05, 0) is 12.1 Å². The largest absolute Gasteiger partial charge is 0.473 e. The number of carbonyl (C=O) groups is 1. The molecule has 0 spiro atoms. The van der Waals surface area contributed by atoms with Gasteiger partial charge >= 0.3 is 6.03 Å². The zero-order valence-corrected chi connectivity index (χ0v) is 12.9. The van der Waals surface area contributed by atoms with Crippen LogP contribution >= 0.6 is 0 Å². The summed E-state index contributed by atoms with van der Waals surface area (Å²) in [5.41, 5.74) is 1.68. The highest BCUT2D eigenvalue weighted by Gasteiger charge is 2.24. The summed E-state index contributed by atoms with van der Waals surface area (Å²) in [6.45, 7) is 5.43. The van der Waals surface area contributed by atoms with Gasteiger partial charge < -0.3 is 15.0 Å². The first-order valence-corrected chi connectivity index (χ1v) is 7.78. The van der Waals surface area contributed by atoms with Gasteiger partial charge in [-0.25, -0.2) is 14.8 Å². The Kier molecular flexibility index (Phi) is 4.71. The maximum atomic E-state index is 11.9. The molecule has 6 heteroatoms. The maximum Gasteiger partial charge on any atom is 0.317 e. The standard InChI is InChI=1S/C17H20N4O2/c1-2-9-18-17(22)21-10-7-13(8-11-21)23-16-12-19-14-5-3-4-6-15(14)20-16/h2-6,12-13H,1,7-11H2,(H,18,22). The molecular weight excluding hydrogens is 292 g/mol. The van der Waals surface area contributed by atoms with Gasteiger partial charge in [0.25, 0.3) is 0 Å². The highest BCUT2D eigenvalue weighted by atomic mass is 16.5. The van der Waals surface area contributed by atoms with Crippen LogP contribution in [0, 0.1) is 0 Å². The van der Waals surface area contributed by atoms with E-state index in [9.17, 15) is 4.79 Å². The normalized spacial score (nSPS) is 15.4. The number of fused-ring (bicyclic) bond motifs is 1. The molecule has 2 heterocycles. The van der Waals surface area contributed by atoms with Gasteiger partial charge in [0.15, 0.2) is 0 Å². The second-order valence-electron chi connectivity index (χ2n) is 5.48. The number of amides is 2. The zero-order valence-electron chi connectivity index (χ0n) is 12.9. The zero-order chi connectivity index (χ0) is 16.1. The third-order valence-electron chi connectivity index (χ3n) is 3.84. The van der Waals surface area contributed by atoms with Crippen molar-refractivity contribution in [1.29, 1.82) is 0 Å². The lowest BCUT2D eigenvalue weighted by Crippen LogP contribution is -2.46. The molecule has 23 heavy (non-hydrogen) atoms. The van der Waals surface area contributed by atoms with Gasteiger partial charge in [0, 0.05) is 32.5 Å². The Balaban J connectivity index is 1.55. The molecule has 3 rings (SSSR count). The first kappa shape index (κ1) is 15.3. The number of carbonyl (C=O) groups excluding carboxylic acids is 1. The Morgan fingerprint density at radius 1 is 1.35 bits per heavy atom. The van der Waals surface area contributed by atoms with Crippen LogP contribution in [0.4, 0.5) is 4.79 Å². The highest BCUT2D eigenvalue weighted by Crippen LogP contribution is 2.19. The number of hydrogen-bond donors (Lipinski definition) is 1. The van der Waals surface area contributed by atoms with E-state index in [1.807, 2.05) is 24.3 Å². The van der Waals surface area contributed by atoms with Crippen molar-refractivity contribution in [3.63, 3.8) is 0 Å². The van der Waals surface area contributed by atoms with E-state index in [-0.39, 0.29) is 12.1 Å². The number of nitrogens with one attached hydrogen (secondary N) is 1. The van der Waals surface area contributed by atoms with Gasteiger partial charge in [-0.1, -0.05) is 18.2 Å². The number of piperidine rings is 1. The quantitative estimate of drug-likeness (QED) is 0.880. The Morgan fingerprint density at radius 3 is 2.83 bits per heavy atom. The fourth-order valence-electron chi connectivity index (χ4n) is 2.62. The molecule has 1 fully saturated rings. The molecule has 0 bridgehead atoms. The van der Waals surface area contributed by atoms with Crippen LogP contribution in [-0.4, -0.2) is 46.6 Å². The summed E-state index contributed by atoms with van der Waals surface area (Å²) >= 11 is 0. The van der Waals surface area contributed by atoms with Crippen molar-refractivity contribution in [1.82, 2.24) is 20.2 Å². The van der Waals surface area contributed by atoms with E-state index >= 15 is 0 Å². The Labute approximate surface area is 135 Å². The lowest BCUT2D eigenvalue weighted by Gasteiger charge is -2.31. The smallest absolute Gasteiger partial charge is 0.317 e. The molecule has 1 aromatic carbocycles. The molecule has 0 atom stereocenters. The van der Waals surface area contributed by atoms with Crippen LogP contribution < -0.4 is 10.1 Å². The van der Waals surface area contributed by atoms with Gasteiger partial charge in [0.05, 0.1) is 17.2 Å². The molecule has 2 aromatic rings. The van der Waals surface area contributed by atoms with Crippen LogP contribution in [0.1, 0.15) is 12.8 Å². The van der Waals surface area contributed by atoms with Crippen molar-refractivity contribution in [2.45, 2.75) is 18.9 Å². The lowest BCUT2D eigenvalue weighted by molar-refractivity contribution is 0.108. The molecule has 1 saturated heterocycles. The Hall–Kier alpha value is -2.63. The fraction of sp³-hybridized carbons (Fsp3) is 0.353. The molecule has 1 N–H and O–H groups in total. The third-order valence-corrected chi connectivity index (χ3v) is 3.84. The number of aromatic nitrogens is 2. The van der Waals surface area contributed by atoms with E-state index in [2.05, 4.69) is 21.9 Å². The minimum Gasteiger partial charge on any atom is -0.473 e. The Bertz CT molecular complexity index is 696. The number of urea groups is 1. The maximum absolute atomic E-state index is 11.9. The molecule has 0 saturated carbocycles. The van der Waals surface area contributed by atoms with E-state index in [4.69, 9.17) is 4.74 Å². The Morgan fingerprint density at radius 2 is 2.09 bits per heavy atom. The van der Waals surface area contributed by atoms with E-state index in [1.165, 1.54) is 0 Å². The summed E-state index contributed by atoms with van der Waals surface area (Å²) in [4.78, 5) is 22.5. The topological polar surface area (TPSA) is 67.4 Å². The number of benzene rings is 1. The monoisotopic (exact) mass is 312 g/mol. The lowest BCUT2D eigenvalue weighted by atomic mass is 10.1. The van der Waals surface area contributed by atoms with Gasteiger partial charge in [0.1, 0.15) is 6.10 Å². The first-order chi connectivity index (χ1) is 11.3. The van der Waals surface area contributed by atoms with Gasteiger partial charge in [-0.2, -0.15) is 0 Å². The first-order valence-electron chi connectivity index (χ1n) is 7.78. The number of para-hydroxylation sites is 2. The fourth-order valence-corrected chi connectivity index (χ4v) is 2.62. The number of nitrogens with zero attached hydrogens (tertiary/aromatic N) is 3. The molecular formula is C17H20N4O2. The SMILES string of the molecule is C=CCNC(=O)N1CCC(Oc2cnc3ccccc3n2)CC1. The van der Waals surface area contributed by atoms with Crippen molar-refractivity contribution in [2.75, 3.05) is 19.6 Å². The van der Waals surface area contributed by atoms with Crippen LogP contribution in [0.25, 0.3) is 11.0 Å². The number of likely N-dealkylation sites (tertiary alicyclic amines) is 1. The molecule has 1 aliphatic rings. The summed E-state index contributed by atoms with van der Waals surface area (Å²) < 4.78 is 5.92. The second kappa shape index (κ2) is 7.09. The molecule has 0 aliphatic carbocycles. The minimum atomic E-state index is -0.0474. The van der Waals surface area contributed by atoms with Gasteiger partial charge in [-0.3, -0.25) is 0 Å². The average molecular weight is 312 g/mol. The summed E-state index contributed by atoms with van der Waals surface area (Å²) in [5.74, 6) is 0.540. The number of ether oxygens (including phenoxy) is 1. The summed E-state index contributed by atoms with van der Waals surface area (Å²) in [6, 6.07) is 7.66. The van der Waals surface area contributed by atoms with Crippen LogP contribution in [0.15, 0.2) is 43.1 Å². The van der Waals surface area contributed by atoms with E-state index in [0.717, 1.165) is 23.9 Å². The summed E-state index contributed by atoms with van der Waals surface area (Å²) in [5, 5.41) is 2.79. The molecule has 0 radical (unpaired) electrons. The molecule has 2 amide bonds. The molecule has 6 nitrogen and oxygen atoms in total. The van der Waals surface area contributed by atoms with Gasteiger partial charge in [0.2, 0.25) is 5.88 Å². The van der Waals surface area contributed by atoms with E-state index < -0.39 is 0 Å². The predicted octanol–water partition coefficient (Wildman–Crippen LogP) is 2.37. The average Bonchev–Trinajstić information content (AvgIpc) is 2.60. The van der Waals surface area contributed by atoms with E-state index in [1.54, 1.807) is 17.2 Å². The van der Waals surface area contributed by atoms with Crippen molar-refractivity contribution < 1.29 is 9.53 Å².